The highest BCUT2D eigenvalue weighted by Crippen LogP contribution is 2.22. The highest BCUT2D eigenvalue weighted by molar-refractivity contribution is 7.91. The number of likely N-dealkylation sites (tertiary alicyclic amines) is 1. The summed E-state index contributed by atoms with van der Waals surface area (Å²) in [7, 11) is -2.66. The van der Waals surface area contributed by atoms with Crippen LogP contribution in [0.3, 0.4) is 0 Å². The Morgan fingerprint density at radius 2 is 1.84 bits per heavy atom. The van der Waals surface area contributed by atoms with Crippen molar-refractivity contribution in [3.8, 4) is 0 Å². The van der Waals surface area contributed by atoms with Crippen molar-refractivity contribution in [3.05, 3.63) is 29.8 Å². The van der Waals surface area contributed by atoms with E-state index in [0.717, 1.165) is 51.0 Å². The summed E-state index contributed by atoms with van der Waals surface area (Å²) in [5.41, 5.74) is 0.621. The van der Waals surface area contributed by atoms with E-state index in [-0.39, 0.29) is 12.3 Å². The molecule has 0 saturated carbocycles. The van der Waals surface area contributed by atoms with Gasteiger partial charge in [0.1, 0.15) is 0 Å². The number of halogens is 2. The molecule has 1 N–H and O–H groups in total. The van der Waals surface area contributed by atoms with Crippen molar-refractivity contribution in [2.75, 3.05) is 26.7 Å². The lowest BCUT2D eigenvalue weighted by molar-refractivity contribution is -0.131. The Hall–Kier alpha value is -1.54. The maximum atomic E-state index is 12.5. The Balaban J connectivity index is 1.89. The molecule has 2 rings (SSSR count). The molecule has 1 aliphatic rings. The third-order valence-corrected chi connectivity index (χ3v) is 6.01. The van der Waals surface area contributed by atoms with Crippen LogP contribution >= 0.6 is 0 Å². The van der Waals surface area contributed by atoms with E-state index >= 15 is 0 Å². The van der Waals surface area contributed by atoms with Crippen molar-refractivity contribution < 1.29 is 22.0 Å². The third kappa shape index (κ3) is 5.22. The zero-order chi connectivity index (χ0) is 18.4. The van der Waals surface area contributed by atoms with Crippen LogP contribution in [0.5, 0.6) is 0 Å². The van der Waals surface area contributed by atoms with Gasteiger partial charge in [-0.15, -0.1) is 0 Å². The van der Waals surface area contributed by atoms with Crippen molar-refractivity contribution in [2.45, 2.75) is 36.3 Å². The molecule has 0 aromatic heterocycles. The number of sulfone groups is 1. The van der Waals surface area contributed by atoms with Crippen molar-refractivity contribution >= 4 is 15.7 Å². The molecule has 1 aromatic rings. The number of alkyl halides is 2. The van der Waals surface area contributed by atoms with Gasteiger partial charge in [-0.05, 0) is 56.5 Å². The first-order chi connectivity index (χ1) is 11.8. The van der Waals surface area contributed by atoms with Gasteiger partial charge in [-0.1, -0.05) is 12.1 Å². The minimum absolute atomic E-state index is 0.0171. The highest BCUT2D eigenvalue weighted by Gasteiger charge is 2.26. The zero-order valence-corrected chi connectivity index (χ0v) is 15.1. The molecule has 1 fully saturated rings. The first kappa shape index (κ1) is 19.8. The van der Waals surface area contributed by atoms with E-state index in [4.69, 9.17) is 0 Å². The molecule has 0 atom stereocenters. The molecule has 8 heteroatoms. The Kier molecular flexibility index (Phi) is 6.89. The number of carbonyl (C=O) groups excluding carboxylic acids is 1. The van der Waals surface area contributed by atoms with Crippen LogP contribution in [0.1, 0.15) is 24.8 Å². The van der Waals surface area contributed by atoms with Crippen LogP contribution in [0.25, 0.3) is 0 Å². The van der Waals surface area contributed by atoms with Crippen molar-refractivity contribution in [1.82, 2.24) is 10.2 Å². The van der Waals surface area contributed by atoms with E-state index in [1.807, 2.05) is 11.9 Å². The van der Waals surface area contributed by atoms with E-state index in [9.17, 15) is 22.0 Å². The molecule has 25 heavy (non-hydrogen) atoms. The molecule has 0 unspecified atom stereocenters. The second kappa shape index (κ2) is 8.71. The summed E-state index contributed by atoms with van der Waals surface area (Å²) < 4.78 is 47.8. The Morgan fingerprint density at radius 1 is 1.24 bits per heavy atom. The maximum absolute atomic E-state index is 12.5. The monoisotopic (exact) mass is 374 g/mol. The number of nitrogens with zero attached hydrogens (tertiary/aromatic N) is 1. The maximum Gasteiger partial charge on any atom is 0.341 e. The quantitative estimate of drug-likeness (QED) is 0.794. The molecule has 1 amide bonds. The van der Waals surface area contributed by atoms with Crippen molar-refractivity contribution in [3.63, 3.8) is 0 Å². The van der Waals surface area contributed by atoms with Crippen LogP contribution in [0.15, 0.2) is 29.2 Å². The number of benzene rings is 1. The number of nitrogens with one attached hydrogen (secondary N) is 1. The summed E-state index contributed by atoms with van der Waals surface area (Å²) in [5, 5.41) is 3.13. The number of hydrogen-bond acceptors (Lipinski definition) is 4. The van der Waals surface area contributed by atoms with E-state index in [1.165, 1.54) is 12.1 Å². The second-order valence-corrected chi connectivity index (χ2v) is 8.26. The fourth-order valence-corrected chi connectivity index (χ4v) is 3.73. The normalized spacial score (nSPS) is 16.4. The van der Waals surface area contributed by atoms with Crippen LogP contribution < -0.4 is 5.32 Å². The minimum Gasteiger partial charge on any atom is -0.342 e. The summed E-state index contributed by atoms with van der Waals surface area (Å²) in [6.45, 7) is 2.43. The van der Waals surface area contributed by atoms with Crippen molar-refractivity contribution in [1.29, 1.82) is 0 Å². The minimum atomic E-state index is -4.59. The molecular formula is C17H24F2N2O3S. The summed E-state index contributed by atoms with van der Waals surface area (Å²) in [4.78, 5) is 13.7. The fourth-order valence-electron chi connectivity index (χ4n) is 3.01. The first-order valence-corrected chi connectivity index (χ1v) is 9.92. The Morgan fingerprint density at radius 3 is 2.36 bits per heavy atom. The zero-order valence-electron chi connectivity index (χ0n) is 14.2. The molecule has 140 valence electrons. The van der Waals surface area contributed by atoms with Crippen LogP contribution in [-0.4, -0.2) is 51.7 Å². The highest BCUT2D eigenvalue weighted by atomic mass is 32.2. The number of carbonyl (C=O) groups is 1. The summed E-state index contributed by atoms with van der Waals surface area (Å²) in [6, 6.07) is 5.11. The number of rotatable bonds is 7. The predicted molar refractivity (Wildman–Crippen MR) is 91.2 cm³/mol. The molecule has 0 bridgehead atoms. The molecule has 0 spiro atoms. The number of piperidine rings is 1. The van der Waals surface area contributed by atoms with Gasteiger partial charge in [0.05, 0.1) is 11.3 Å². The lowest BCUT2D eigenvalue weighted by atomic mass is 9.93. The van der Waals surface area contributed by atoms with Gasteiger partial charge in [-0.3, -0.25) is 4.79 Å². The van der Waals surface area contributed by atoms with E-state index in [1.54, 1.807) is 0 Å². The summed E-state index contributed by atoms with van der Waals surface area (Å²) >= 11 is 0. The van der Waals surface area contributed by atoms with Gasteiger partial charge in [0.25, 0.3) is 0 Å². The Labute approximate surface area is 147 Å². The smallest absolute Gasteiger partial charge is 0.341 e. The van der Waals surface area contributed by atoms with Crippen molar-refractivity contribution in [2.24, 2.45) is 5.92 Å². The first-order valence-electron chi connectivity index (χ1n) is 8.38. The van der Waals surface area contributed by atoms with Crippen LogP contribution in [0.2, 0.25) is 0 Å². The predicted octanol–water partition coefficient (Wildman–Crippen LogP) is 2.07. The fraction of sp³-hybridized carbons (Fsp3) is 0.588. The molecule has 0 radical (unpaired) electrons. The second-order valence-electron chi connectivity index (χ2n) is 6.34. The van der Waals surface area contributed by atoms with E-state index < -0.39 is 20.5 Å². The molecule has 1 aliphatic heterocycles. The van der Waals surface area contributed by atoms with Crippen LogP contribution in [-0.2, 0) is 21.1 Å². The van der Waals surface area contributed by atoms with Gasteiger partial charge in [0.15, 0.2) is 0 Å². The lowest BCUT2D eigenvalue weighted by Crippen LogP contribution is -2.39. The van der Waals surface area contributed by atoms with Gasteiger partial charge >= 0.3 is 5.76 Å². The standard InChI is InChI=1S/C17H24F2N2O3S/c1-20-9-6-13-7-10-21(11-8-13)16(22)12-14-2-4-15(5-3-14)25(23,24)17(18)19/h2-5,13,17,20H,6-12H2,1H3. The molecule has 1 saturated heterocycles. The van der Waals surface area contributed by atoms with Crippen LogP contribution in [0.4, 0.5) is 8.78 Å². The lowest BCUT2D eigenvalue weighted by Gasteiger charge is -2.32. The molecule has 1 aromatic carbocycles. The van der Waals surface area contributed by atoms with E-state index in [0.29, 0.717) is 11.5 Å². The summed E-state index contributed by atoms with van der Waals surface area (Å²) in [6.07, 6.45) is 3.23. The van der Waals surface area contributed by atoms with Gasteiger partial charge in [-0.25, -0.2) is 8.42 Å². The average Bonchev–Trinajstić information content (AvgIpc) is 2.60. The largest absolute Gasteiger partial charge is 0.342 e. The topological polar surface area (TPSA) is 66.5 Å². The van der Waals surface area contributed by atoms with E-state index in [2.05, 4.69) is 5.32 Å². The molecule has 0 aliphatic carbocycles. The Bertz CT molecular complexity index is 670. The van der Waals surface area contributed by atoms with Gasteiger partial charge in [-0.2, -0.15) is 8.78 Å². The average molecular weight is 374 g/mol. The molecular weight excluding hydrogens is 350 g/mol. The number of amides is 1. The summed E-state index contributed by atoms with van der Waals surface area (Å²) in [5.74, 6) is -2.82. The van der Waals surface area contributed by atoms with Gasteiger partial charge in [0.2, 0.25) is 15.7 Å². The molecule has 1 heterocycles. The van der Waals surface area contributed by atoms with Crippen LogP contribution in [0, 0.1) is 5.92 Å². The third-order valence-electron chi connectivity index (χ3n) is 4.61. The van der Waals surface area contributed by atoms with Gasteiger partial charge in [0, 0.05) is 13.1 Å². The SMILES string of the molecule is CNCCC1CCN(C(=O)Cc2ccc(S(=O)(=O)C(F)F)cc2)CC1. The number of hydrogen-bond donors (Lipinski definition) is 1. The van der Waals surface area contributed by atoms with Gasteiger partial charge < -0.3 is 10.2 Å². The molecule has 5 nitrogen and oxygen atoms in total.